The number of hydrogen-bond acceptors (Lipinski definition) is 2. The average Bonchev–Trinajstić information content (AvgIpc) is 3.34. The monoisotopic (exact) mass is 370 g/mol. The molecule has 0 heterocycles. The van der Waals surface area contributed by atoms with Crippen LogP contribution in [0.3, 0.4) is 0 Å². The molecule has 27 heavy (non-hydrogen) atoms. The van der Waals surface area contributed by atoms with Crippen LogP contribution in [0.2, 0.25) is 0 Å². The molecule has 150 valence electrons. The third-order valence-corrected chi connectivity index (χ3v) is 7.84. The van der Waals surface area contributed by atoms with Crippen molar-refractivity contribution in [1.29, 1.82) is 0 Å². The number of benzene rings is 1. The summed E-state index contributed by atoms with van der Waals surface area (Å²) in [7, 11) is 0. The van der Waals surface area contributed by atoms with Crippen molar-refractivity contribution in [2.24, 2.45) is 29.6 Å². The minimum atomic E-state index is -0.137. The molecule has 1 aromatic rings. The molecular weight excluding hydrogens is 332 g/mol. The van der Waals surface area contributed by atoms with Gasteiger partial charge in [0, 0.05) is 5.92 Å². The molecule has 0 N–H and O–H groups in total. The standard InChI is InChI=1S/C25H38O2/c1-6-16(4)18-10-11-23(17(5)12-18)26-25(15(2)3)27-24-14-19-13-22(24)21-9-7-8-20(19)21/h10-12,15-16,19-22,24-25H,6-9,13-14H2,1-5H3. The molecular formula is C25H38O2. The lowest BCUT2D eigenvalue weighted by atomic mass is 9.80. The summed E-state index contributed by atoms with van der Waals surface area (Å²) in [6.07, 6.45) is 8.49. The van der Waals surface area contributed by atoms with Gasteiger partial charge < -0.3 is 9.47 Å². The van der Waals surface area contributed by atoms with Crippen LogP contribution >= 0.6 is 0 Å². The molecule has 7 unspecified atom stereocenters. The minimum absolute atomic E-state index is 0.137. The highest BCUT2D eigenvalue weighted by Gasteiger charge is 2.54. The van der Waals surface area contributed by atoms with Gasteiger partial charge in [0.05, 0.1) is 6.10 Å². The van der Waals surface area contributed by atoms with Crippen LogP contribution < -0.4 is 4.74 Å². The highest BCUT2D eigenvalue weighted by Crippen LogP contribution is 2.59. The molecule has 2 bridgehead atoms. The summed E-state index contributed by atoms with van der Waals surface area (Å²) < 4.78 is 13.1. The van der Waals surface area contributed by atoms with E-state index in [0.717, 1.165) is 29.4 Å². The Kier molecular flexibility index (Phi) is 5.56. The molecule has 3 aliphatic carbocycles. The molecule has 3 aliphatic rings. The van der Waals surface area contributed by atoms with Crippen LogP contribution in [-0.2, 0) is 4.74 Å². The van der Waals surface area contributed by atoms with E-state index in [-0.39, 0.29) is 6.29 Å². The summed E-state index contributed by atoms with van der Waals surface area (Å²) in [5.74, 6) is 5.63. The first-order valence-corrected chi connectivity index (χ1v) is 11.4. The topological polar surface area (TPSA) is 18.5 Å². The van der Waals surface area contributed by atoms with Crippen LogP contribution in [0.4, 0.5) is 0 Å². The van der Waals surface area contributed by atoms with Gasteiger partial charge in [-0.05, 0) is 85.8 Å². The molecule has 2 nitrogen and oxygen atoms in total. The van der Waals surface area contributed by atoms with E-state index in [1.807, 2.05) is 0 Å². The van der Waals surface area contributed by atoms with Crippen LogP contribution in [0, 0.1) is 36.5 Å². The van der Waals surface area contributed by atoms with E-state index < -0.39 is 0 Å². The Morgan fingerprint density at radius 2 is 1.81 bits per heavy atom. The predicted molar refractivity (Wildman–Crippen MR) is 111 cm³/mol. The second kappa shape index (κ2) is 7.78. The molecule has 3 fully saturated rings. The Bertz CT molecular complexity index is 652. The predicted octanol–water partition coefficient (Wildman–Crippen LogP) is 6.71. The van der Waals surface area contributed by atoms with E-state index in [4.69, 9.17) is 9.47 Å². The lowest BCUT2D eigenvalue weighted by Gasteiger charge is -2.35. The van der Waals surface area contributed by atoms with E-state index in [1.54, 1.807) is 0 Å². The molecule has 1 aromatic carbocycles. The van der Waals surface area contributed by atoms with Crippen LogP contribution in [0.15, 0.2) is 18.2 Å². The van der Waals surface area contributed by atoms with E-state index in [1.165, 1.54) is 49.7 Å². The first kappa shape index (κ1) is 19.3. The smallest absolute Gasteiger partial charge is 0.202 e. The maximum atomic E-state index is 6.65. The van der Waals surface area contributed by atoms with Crippen molar-refractivity contribution in [2.45, 2.75) is 91.5 Å². The Balaban J connectivity index is 1.43. The Morgan fingerprint density at radius 3 is 2.52 bits per heavy atom. The summed E-state index contributed by atoms with van der Waals surface area (Å²) in [4.78, 5) is 0. The fourth-order valence-corrected chi connectivity index (χ4v) is 6.13. The van der Waals surface area contributed by atoms with Gasteiger partial charge in [0.15, 0.2) is 0 Å². The van der Waals surface area contributed by atoms with E-state index in [9.17, 15) is 0 Å². The van der Waals surface area contributed by atoms with Gasteiger partial charge in [-0.2, -0.15) is 0 Å². The molecule has 0 radical (unpaired) electrons. The van der Waals surface area contributed by atoms with Crippen LogP contribution in [0.5, 0.6) is 5.75 Å². The number of fused-ring (bicyclic) bond motifs is 5. The third kappa shape index (κ3) is 3.67. The maximum absolute atomic E-state index is 6.65. The van der Waals surface area contributed by atoms with E-state index >= 15 is 0 Å². The molecule has 2 heteroatoms. The second-order valence-electron chi connectivity index (χ2n) is 9.89. The van der Waals surface area contributed by atoms with Gasteiger partial charge in [0.25, 0.3) is 0 Å². The highest BCUT2D eigenvalue weighted by molar-refractivity contribution is 5.37. The van der Waals surface area contributed by atoms with Crippen molar-refractivity contribution < 1.29 is 9.47 Å². The summed E-state index contributed by atoms with van der Waals surface area (Å²) in [6, 6.07) is 6.68. The van der Waals surface area contributed by atoms with E-state index in [2.05, 4.69) is 52.8 Å². The summed E-state index contributed by atoms with van der Waals surface area (Å²) >= 11 is 0. The van der Waals surface area contributed by atoms with Crippen molar-refractivity contribution in [1.82, 2.24) is 0 Å². The molecule has 4 rings (SSSR count). The molecule has 7 atom stereocenters. The normalized spacial score (nSPS) is 34.1. The van der Waals surface area contributed by atoms with Gasteiger partial charge in [-0.15, -0.1) is 0 Å². The fraction of sp³-hybridized carbons (Fsp3) is 0.760. The van der Waals surface area contributed by atoms with Crippen LogP contribution in [0.25, 0.3) is 0 Å². The average molecular weight is 371 g/mol. The lowest BCUT2D eigenvalue weighted by Crippen LogP contribution is -2.37. The second-order valence-corrected chi connectivity index (χ2v) is 9.89. The molecule has 0 spiro atoms. The van der Waals surface area contributed by atoms with Crippen molar-refractivity contribution in [3.8, 4) is 5.75 Å². The fourth-order valence-electron chi connectivity index (χ4n) is 6.13. The zero-order valence-corrected chi connectivity index (χ0v) is 17.9. The SMILES string of the molecule is CCC(C)c1ccc(OC(OC2CC3CC2C2CCCC32)C(C)C)c(C)c1. The highest BCUT2D eigenvalue weighted by atomic mass is 16.7. The molecule has 3 saturated carbocycles. The van der Waals surface area contributed by atoms with Gasteiger partial charge in [-0.3, -0.25) is 0 Å². The Morgan fingerprint density at radius 1 is 1.04 bits per heavy atom. The molecule has 0 saturated heterocycles. The van der Waals surface area contributed by atoms with Crippen molar-refractivity contribution >= 4 is 0 Å². The van der Waals surface area contributed by atoms with Gasteiger partial charge in [0.1, 0.15) is 5.75 Å². The largest absolute Gasteiger partial charge is 0.464 e. The van der Waals surface area contributed by atoms with Gasteiger partial charge >= 0.3 is 0 Å². The van der Waals surface area contributed by atoms with Gasteiger partial charge in [0.2, 0.25) is 6.29 Å². The quantitative estimate of drug-likeness (QED) is 0.497. The maximum Gasteiger partial charge on any atom is 0.202 e. The first-order valence-electron chi connectivity index (χ1n) is 11.4. The zero-order chi connectivity index (χ0) is 19.1. The first-order chi connectivity index (χ1) is 13.0. The van der Waals surface area contributed by atoms with Crippen LogP contribution in [0.1, 0.15) is 83.3 Å². The summed E-state index contributed by atoms with van der Waals surface area (Å²) in [5.41, 5.74) is 2.63. The number of hydrogen-bond donors (Lipinski definition) is 0. The van der Waals surface area contributed by atoms with Crippen LogP contribution in [-0.4, -0.2) is 12.4 Å². The van der Waals surface area contributed by atoms with Gasteiger partial charge in [-0.1, -0.05) is 46.2 Å². The van der Waals surface area contributed by atoms with Crippen molar-refractivity contribution in [3.05, 3.63) is 29.3 Å². The summed E-state index contributed by atoms with van der Waals surface area (Å²) in [6.45, 7) is 11.1. The number of ether oxygens (including phenoxy) is 2. The Labute approximate surface area is 166 Å². The number of aryl methyl sites for hydroxylation is 1. The Hall–Kier alpha value is -1.02. The zero-order valence-electron chi connectivity index (χ0n) is 17.9. The van der Waals surface area contributed by atoms with Crippen molar-refractivity contribution in [3.63, 3.8) is 0 Å². The number of rotatable bonds is 7. The van der Waals surface area contributed by atoms with Crippen molar-refractivity contribution in [2.75, 3.05) is 0 Å². The van der Waals surface area contributed by atoms with Gasteiger partial charge in [-0.25, -0.2) is 0 Å². The van der Waals surface area contributed by atoms with E-state index in [0.29, 0.717) is 17.9 Å². The molecule has 0 amide bonds. The minimum Gasteiger partial charge on any atom is -0.464 e. The molecule has 0 aromatic heterocycles. The molecule has 0 aliphatic heterocycles. The lowest BCUT2D eigenvalue weighted by molar-refractivity contribution is -0.162. The third-order valence-electron chi connectivity index (χ3n) is 7.84. The summed E-state index contributed by atoms with van der Waals surface area (Å²) in [5, 5.41) is 0.